The SMILES string of the molecule is O=C(Oc1ccccc1[C@@H]1O[C@@]2(COCc3ccccc3)CO[C@@H]1[C@@H]2OCc1ccccc1)c1ccccc1. The van der Waals surface area contributed by atoms with Gasteiger partial charge in [-0.1, -0.05) is 97.1 Å². The highest BCUT2D eigenvalue weighted by atomic mass is 16.7. The number of carbonyl (C=O) groups is 1. The molecule has 0 radical (unpaired) electrons. The van der Waals surface area contributed by atoms with E-state index in [-0.39, 0.29) is 12.2 Å². The predicted molar refractivity (Wildman–Crippen MR) is 145 cm³/mol. The normalized spacial score (nSPS) is 23.5. The van der Waals surface area contributed by atoms with Gasteiger partial charge in [-0.2, -0.15) is 0 Å². The van der Waals surface area contributed by atoms with Crippen LogP contribution in [0.5, 0.6) is 5.75 Å². The second-order valence-electron chi connectivity index (χ2n) is 9.87. The number of benzene rings is 4. The number of hydrogen-bond donors (Lipinski definition) is 0. The molecule has 4 aromatic rings. The summed E-state index contributed by atoms with van der Waals surface area (Å²) in [4.78, 5) is 12.9. The van der Waals surface area contributed by atoms with Crippen molar-refractivity contribution in [3.63, 3.8) is 0 Å². The Balaban J connectivity index is 1.24. The molecule has 4 atom stereocenters. The number of carbonyl (C=O) groups excluding carboxylic acids is 1. The van der Waals surface area contributed by atoms with E-state index in [4.69, 9.17) is 23.7 Å². The van der Waals surface area contributed by atoms with E-state index >= 15 is 0 Å². The molecule has 0 saturated carbocycles. The highest BCUT2D eigenvalue weighted by Crippen LogP contribution is 2.50. The minimum atomic E-state index is -0.796. The Morgan fingerprint density at radius 3 is 2.10 bits per heavy atom. The van der Waals surface area contributed by atoms with Crippen LogP contribution in [-0.4, -0.2) is 37.0 Å². The van der Waals surface area contributed by atoms with Gasteiger partial charge in [0.25, 0.3) is 0 Å². The molecule has 6 heteroatoms. The maximum absolute atomic E-state index is 12.9. The van der Waals surface area contributed by atoms with Crippen LogP contribution in [0.15, 0.2) is 115 Å². The number of hydrogen-bond acceptors (Lipinski definition) is 6. The van der Waals surface area contributed by atoms with Crippen LogP contribution >= 0.6 is 0 Å². The maximum Gasteiger partial charge on any atom is 0.343 e. The number of fused-ring (bicyclic) bond motifs is 2. The fraction of sp³-hybridized carbons (Fsp3) is 0.242. The Bertz CT molecular complexity index is 1380. The number of esters is 1. The van der Waals surface area contributed by atoms with Crippen molar-refractivity contribution in [2.24, 2.45) is 0 Å². The number of para-hydroxylation sites is 1. The topological polar surface area (TPSA) is 63.2 Å². The molecular formula is C33H30O6. The summed E-state index contributed by atoms with van der Waals surface area (Å²) in [5.41, 5.74) is 2.57. The van der Waals surface area contributed by atoms with Crippen LogP contribution in [-0.2, 0) is 32.2 Å². The van der Waals surface area contributed by atoms with Gasteiger partial charge in [0.05, 0.1) is 32.0 Å². The Morgan fingerprint density at radius 1 is 0.769 bits per heavy atom. The first-order valence-corrected chi connectivity index (χ1v) is 13.1. The lowest BCUT2D eigenvalue weighted by Gasteiger charge is -2.31. The van der Waals surface area contributed by atoms with Crippen molar-refractivity contribution in [2.45, 2.75) is 37.1 Å². The lowest BCUT2D eigenvalue weighted by atomic mass is 9.96. The van der Waals surface area contributed by atoms with E-state index in [2.05, 4.69) is 0 Å². The van der Waals surface area contributed by atoms with Crippen molar-refractivity contribution in [3.8, 4) is 5.75 Å². The summed E-state index contributed by atoms with van der Waals surface area (Å²) in [5.74, 6) is 0.0135. The van der Waals surface area contributed by atoms with Crippen molar-refractivity contribution in [3.05, 3.63) is 138 Å². The molecule has 4 aromatic carbocycles. The van der Waals surface area contributed by atoms with Gasteiger partial charge in [-0.3, -0.25) is 0 Å². The van der Waals surface area contributed by atoms with Gasteiger partial charge in [-0.25, -0.2) is 4.79 Å². The molecule has 39 heavy (non-hydrogen) atoms. The first-order chi connectivity index (χ1) is 19.2. The van der Waals surface area contributed by atoms with Crippen LogP contribution in [0.3, 0.4) is 0 Å². The summed E-state index contributed by atoms with van der Waals surface area (Å²) in [6.45, 7) is 1.54. The van der Waals surface area contributed by atoms with Crippen LogP contribution in [0.1, 0.15) is 33.2 Å². The summed E-state index contributed by atoms with van der Waals surface area (Å²) in [7, 11) is 0. The largest absolute Gasteiger partial charge is 0.423 e. The van der Waals surface area contributed by atoms with Gasteiger partial charge < -0.3 is 23.7 Å². The summed E-state index contributed by atoms with van der Waals surface area (Å²) in [6, 6.07) is 36.5. The van der Waals surface area contributed by atoms with Gasteiger partial charge in [0, 0.05) is 5.56 Å². The Hall–Kier alpha value is -3.81. The molecule has 6 rings (SSSR count). The van der Waals surface area contributed by atoms with Crippen molar-refractivity contribution >= 4 is 5.97 Å². The van der Waals surface area contributed by atoms with Gasteiger partial charge in [0.15, 0.2) is 0 Å². The molecule has 0 spiro atoms. The monoisotopic (exact) mass is 522 g/mol. The van der Waals surface area contributed by atoms with Gasteiger partial charge >= 0.3 is 5.97 Å². The third-order valence-electron chi connectivity index (χ3n) is 7.17. The van der Waals surface area contributed by atoms with Crippen molar-refractivity contribution in [2.75, 3.05) is 13.2 Å². The van der Waals surface area contributed by atoms with Crippen LogP contribution in [0.25, 0.3) is 0 Å². The van der Waals surface area contributed by atoms with E-state index in [9.17, 15) is 4.79 Å². The second kappa shape index (κ2) is 11.5. The molecule has 2 heterocycles. The molecule has 2 saturated heterocycles. The van der Waals surface area contributed by atoms with Crippen LogP contribution in [0, 0.1) is 0 Å². The molecular weight excluding hydrogens is 492 g/mol. The molecule has 0 aliphatic carbocycles. The molecule has 198 valence electrons. The van der Waals surface area contributed by atoms with Crippen molar-refractivity contribution in [1.29, 1.82) is 0 Å². The maximum atomic E-state index is 12.9. The van der Waals surface area contributed by atoms with Crippen molar-refractivity contribution in [1.82, 2.24) is 0 Å². The first-order valence-electron chi connectivity index (χ1n) is 13.1. The molecule has 2 aliphatic rings. The average molecular weight is 523 g/mol. The molecule has 0 amide bonds. The molecule has 2 aliphatic heterocycles. The quantitative estimate of drug-likeness (QED) is 0.190. The van der Waals surface area contributed by atoms with E-state index in [1.807, 2.05) is 97.1 Å². The first kappa shape index (κ1) is 25.5. The third-order valence-corrected chi connectivity index (χ3v) is 7.17. The zero-order valence-corrected chi connectivity index (χ0v) is 21.5. The van der Waals surface area contributed by atoms with E-state index in [0.29, 0.717) is 37.7 Å². The van der Waals surface area contributed by atoms with E-state index in [1.54, 1.807) is 18.2 Å². The highest BCUT2D eigenvalue weighted by molar-refractivity contribution is 5.91. The molecule has 2 bridgehead atoms. The third kappa shape index (κ3) is 5.51. The molecule has 2 fully saturated rings. The van der Waals surface area contributed by atoms with E-state index in [1.165, 1.54) is 0 Å². The van der Waals surface area contributed by atoms with Crippen LogP contribution < -0.4 is 4.74 Å². The fourth-order valence-electron chi connectivity index (χ4n) is 5.24. The molecule has 6 nitrogen and oxygen atoms in total. The molecule has 0 unspecified atom stereocenters. The predicted octanol–water partition coefficient (Wildman–Crippen LogP) is 5.92. The number of rotatable bonds is 10. The lowest BCUT2D eigenvalue weighted by Crippen LogP contribution is -2.46. The summed E-state index contributed by atoms with van der Waals surface area (Å²) >= 11 is 0. The Kier molecular flexibility index (Phi) is 7.52. The fourth-order valence-corrected chi connectivity index (χ4v) is 5.24. The van der Waals surface area contributed by atoms with E-state index in [0.717, 1.165) is 16.7 Å². The minimum absolute atomic E-state index is 0.306. The van der Waals surface area contributed by atoms with Gasteiger partial charge in [-0.05, 0) is 29.3 Å². The Labute approximate surface area is 228 Å². The van der Waals surface area contributed by atoms with Crippen LogP contribution in [0.2, 0.25) is 0 Å². The summed E-state index contributed by atoms with van der Waals surface area (Å²) < 4.78 is 31.5. The second-order valence-corrected chi connectivity index (χ2v) is 9.87. The highest BCUT2D eigenvalue weighted by Gasteiger charge is 2.63. The summed E-state index contributed by atoms with van der Waals surface area (Å²) in [5, 5.41) is 0. The zero-order chi connectivity index (χ0) is 26.5. The Morgan fingerprint density at radius 2 is 1.38 bits per heavy atom. The summed E-state index contributed by atoms with van der Waals surface area (Å²) in [6.07, 6.45) is -1.23. The van der Waals surface area contributed by atoms with Gasteiger partial charge in [0.2, 0.25) is 0 Å². The molecule has 0 N–H and O–H groups in total. The van der Waals surface area contributed by atoms with Crippen LogP contribution in [0.4, 0.5) is 0 Å². The van der Waals surface area contributed by atoms with Gasteiger partial charge in [0.1, 0.15) is 29.7 Å². The van der Waals surface area contributed by atoms with Crippen molar-refractivity contribution < 1.29 is 28.5 Å². The number of ether oxygens (including phenoxy) is 5. The zero-order valence-electron chi connectivity index (χ0n) is 21.5. The lowest BCUT2D eigenvalue weighted by molar-refractivity contribution is -0.176. The average Bonchev–Trinajstić information content (AvgIpc) is 3.49. The minimum Gasteiger partial charge on any atom is -0.423 e. The van der Waals surface area contributed by atoms with E-state index < -0.39 is 17.7 Å². The smallest absolute Gasteiger partial charge is 0.343 e. The molecule has 0 aromatic heterocycles. The standard InChI is InChI=1S/C33H30O6/c34-32(26-16-8-3-9-17-26)38-28-19-11-10-18-27(28)29-30-31(36-21-25-14-6-2-7-15-25)33(39-29,23-37-30)22-35-20-24-12-4-1-5-13-24/h1-19,29-31H,20-23H2/t29-,30-,31-,33-/m0/s1. The van der Waals surface area contributed by atoms with Gasteiger partial charge in [-0.15, -0.1) is 0 Å².